The molecular weight excluding hydrogens is 224 g/mol. The van der Waals surface area contributed by atoms with Crippen LogP contribution < -0.4 is 5.32 Å². The molecule has 2 N–H and O–H groups in total. The van der Waals surface area contributed by atoms with Gasteiger partial charge < -0.3 is 15.3 Å². The molecule has 0 aromatic carbocycles. The molecule has 0 unspecified atom stereocenters. The van der Waals surface area contributed by atoms with Gasteiger partial charge in [-0.15, -0.1) is 0 Å². The summed E-state index contributed by atoms with van der Waals surface area (Å²) in [6.45, 7) is 1.64. The number of aryl methyl sites for hydroxylation is 1. The van der Waals surface area contributed by atoms with Gasteiger partial charge in [-0.25, -0.2) is 14.8 Å². The van der Waals surface area contributed by atoms with E-state index in [-0.39, 0.29) is 24.0 Å². The first-order chi connectivity index (χ1) is 7.91. The molecule has 1 aromatic rings. The van der Waals surface area contributed by atoms with Crippen molar-refractivity contribution in [3.63, 3.8) is 0 Å². The van der Waals surface area contributed by atoms with Gasteiger partial charge in [0.2, 0.25) is 11.9 Å². The predicted molar refractivity (Wildman–Crippen MR) is 60.9 cm³/mol. The summed E-state index contributed by atoms with van der Waals surface area (Å²) in [5.74, 6) is -0.949. The fourth-order valence-corrected chi connectivity index (χ4v) is 1.07. The quantitative estimate of drug-likeness (QED) is 0.765. The zero-order valence-electron chi connectivity index (χ0n) is 9.89. The van der Waals surface area contributed by atoms with Crippen molar-refractivity contribution in [1.29, 1.82) is 0 Å². The number of hydrogen-bond donors (Lipinski definition) is 2. The van der Waals surface area contributed by atoms with Gasteiger partial charge in [-0.2, -0.15) is 0 Å². The van der Waals surface area contributed by atoms with Crippen LogP contribution in [0.15, 0.2) is 6.20 Å². The van der Waals surface area contributed by atoms with Crippen LogP contribution in [0.2, 0.25) is 0 Å². The highest BCUT2D eigenvalue weighted by atomic mass is 16.4. The first-order valence-electron chi connectivity index (χ1n) is 4.92. The average Bonchev–Trinajstić information content (AvgIpc) is 2.25. The van der Waals surface area contributed by atoms with Gasteiger partial charge in [0.05, 0.1) is 17.8 Å². The van der Waals surface area contributed by atoms with Crippen molar-refractivity contribution in [3.8, 4) is 0 Å². The summed E-state index contributed by atoms with van der Waals surface area (Å²) in [5, 5.41) is 11.5. The van der Waals surface area contributed by atoms with E-state index in [0.717, 1.165) is 0 Å². The lowest BCUT2D eigenvalue weighted by atomic mass is 10.2. The molecule has 92 valence electrons. The van der Waals surface area contributed by atoms with Crippen molar-refractivity contribution < 1.29 is 14.7 Å². The Labute approximate surface area is 98.5 Å². The number of carbonyl (C=O) groups is 2. The molecular formula is C10H14N4O3. The summed E-state index contributed by atoms with van der Waals surface area (Å²) in [5.41, 5.74) is 0.404. The second kappa shape index (κ2) is 5.24. The lowest BCUT2D eigenvalue weighted by Crippen LogP contribution is -2.29. The number of likely N-dealkylation sites (N-methyl/N-ethyl adjacent to an activating group) is 1. The van der Waals surface area contributed by atoms with Crippen LogP contribution in [-0.4, -0.2) is 52.5 Å². The van der Waals surface area contributed by atoms with Crippen LogP contribution in [0.4, 0.5) is 5.95 Å². The van der Waals surface area contributed by atoms with E-state index >= 15 is 0 Å². The Bertz CT molecular complexity index is 445. The molecule has 0 atom stereocenters. The van der Waals surface area contributed by atoms with Gasteiger partial charge in [-0.3, -0.25) is 4.79 Å². The molecule has 1 aromatic heterocycles. The Morgan fingerprint density at radius 1 is 1.47 bits per heavy atom. The van der Waals surface area contributed by atoms with Gasteiger partial charge in [0.25, 0.3) is 0 Å². The molecule has 17 heavy (non-hydrogen) atoms. The first kappa shape index (κ1) is 12.9. The molecule has 0 fully saturated rings. The monoisotopic (exact) mass is 238 g/mol. The molecule has 0 radical (unpaired) electrons. The van der Waals surface area contributed by atoms with E-state index in [0.29, 0.717) is 5.69 Å². The second-order valence-electron chi connectivity index (χ2n) is 3.64. The minimum atomic E-state index is -1.07. The summed E-state index contributed by atoms with van der Waals surface area (Å²) in [6.07, 6.45) is 1.22. The highest BCUT2D eigenvalue weighted by molar-refractivity contribution is 5.88. The molecule has 0 aliphatic heterocycles. The summed E-state index contributed by atoms with van der Waals surface area (Å²) in [6, 6.07) is 0. The molecule has 1 rings (SSSR count). The van der Waals surface area contributed by atoms with Crippen molar-refractivity contribution in [3.05, 3.63) is 17.5 Å². The first-order valence-corrected chi connectivity index (χ1v) is 4.92. The van der Waals surface area contributed by atoms with Crippen molar-refractivity contribution in [2.45, 2.75) is 6.92 Å². The van der Waals surface area contributed by atoms with Crippen LogP contribution in [0.1, 0.15) is 16.1 Å². The van der Waals surface area contributed by atoms with E-state index in [4.69, 9.17) is 5.11 Å². The van der Waals surface area contributed by atoms with Gasteiger partial charge in [0, 0.05) is 20.3 Å². The van der Waals surface area contributed by atoms with E-state index in [1.807, 2.05) is 0 Å². The summed E-state index contributed by atoms with van der Waals surface area (Å²) < 4.78 is 0. The van der Waals surface area contributed by atoms with Gasteiger partial charge in [-0.1, -0.05) is 0 Å². The topological polar surface area (TPSA) is 95.4 Å². The Morgan fingerprint density at radius 3 is 2.59 bits per heavy atom. The molecule has 0 spiro atoms. The van der Waals surface area contributed by atoms with Crippen LogP contribution in [0.3, 0.4) is 0 Å². The Morgan fingerprint density at radius 2 is 2.12 bits per heavy atom. The average molecular weight is 238 g/mol. The highest BCUT2D eigenvalue weighted by Crippen LogP contribution is 2.06. The third-order valence-electron chi connectivity index (χ3n) is 2.11. The molecule has 0 aliphatic carbocycles. The predicted octanol–water partition coefficient (Wildman–Crippen LogP) is -0.0167. The van der Waals surface area contributed by atoms with Gasteiger partial charge in [0.15, 0.2) is 0 Å². The maximum Gasteiger partial charge on any atom is 0.339 e. The van der Waals surface area contributed by atoms with Gasteiger partial charge in [0.1, 0.15) is 0 Å². The lowest BCUT2D eigenvalue weighted by molar-refractivity contribution is -0.126. The number of aromatic carboxylic acids is 1. The summed E-state index contributed by atoms with van der Waals surface area (Å²) in [4.78, 5) is 31.2. The Hall–Kier alpha value is -2.18. The van der Waals surface area contributed by atoms with Crippen LogP contribution in [0.5, 0.6) is 0 Å². The minimum Gasteiger partial charge on any atom is -0.478 e. The van der Waals surface area contributed by atoms with Crippen LogP contribution in [0, 0.1) is 6.92 Å². The maximum atomic E-state index is 11.3. The minimum absolute atomic E-state index is 0.0505. The standard InChI is InChI=1S/C10H14N4O3/c1-6-7(9(16)17)4-11-10(13-6)12-5-8(15)14(2)3/h4H,5H2,1-3H3,(H,16,17)(H,11,12,13). The Kier molecular flexibility index (Phi) is 3.97. The fourth-order valence-electron chi connectivity index (χ4n) is 1.07. The maximum absolute atomic E-state index is 11.3. The number of carbonyl (C=O) groups excluding carboxylic acids is 1. The van der Waals surface area contributed by atoms with E-state index in [1.165, 1.54) is 11.1 Å². The largest absolute Gasteiger partial charge is 0.478 e. The molecule has 0 saturated carbocycles. The van der Waals surface area contributed by atoms with Gasteiger partial charge in [-0.05, 0) is 6.92 Å². The number of hydrogen-bond acceptors (Lipinski definition) is 5. The lowest BCUT2D eigenvalue weighted by Gasteiger charge is -2.11. The number of carboxylic acids is 1. The van der Waals surface area contributed by atoms with Crippen LogP contribution in [0.25, 0.3) is 0 Å². The molecule has 1 amide bonds. The van der Waals surface area contributed by atoms with Crippen LogP contribution in [-0.2, 0) is 4.79 Å². The number of anilines is 1. The number of aromatic nitrogens is 2. The van der Waals surface area contributed by atoms with E-state index in [2.05, 4.69) is 15.3 Å². The van der Waals surface area contributed by atoms with E-state index < -0.39 is 5.97 Å². The third kappa shape index (κ3) is 3.40. The van der Waals surface area contributed by atoms with Crippen molar-refractivity contribution in [1.82, 2.24) is 14.9 Å². The summed E-state index contributed by atoms with van der Waals surface area (Å²) in [7, 11) is 3.29. The molecule has 0 aliphatic rings. The van der Waals surface area contributed by atoms with Crippen molar-refractivity contribution in [2.24, 2.45) is 0 Å². The van der Waals surface area contributed by atoms with Crippen molar-refractivity contribution >= 4 is 17.8 Å². The molecule has 0 saturated heterocycles. The van der Waals surface area contributed by atoms with Crippen LogP contribution >= 0.6 is 0 Å². The fraction of sp³-hybridized carbons (Fsp3) is 0.400. The van der Waals surface area contributed by atoms with Crippen molar-refractivity contribution in [2.75, 3.05) is 26.0 Å². The highest BCUT2D eigenvalue weighted by Gasteiger charge is 2.10. The van der Waals surface area contributed by atoms with E-state index in [9.17, 15) is 9.59 Å². The number of amides is 1. The third-order valence-corrected chi connectivity index (χ3v) is 2.11. The molecule has 0 bridgehead atoms. The van der Waals surface area contributed by atoms with E-state index in [1.54, 1.807) is 21.0 Å². The zero-order chi connectivity index (χ0) is 13.0. The number of nitrogens with zero attached hydrogens (tertiary/aromatic N) is 3. The van der Waals surface area contributed by atoms with Gasteiger partial charge >= 0.3 is 5.97 Å². The molecule has 7 heteroatoms. The number of rotatable bonds is 4. The normalized spacial score (nSPS) is 9.82. The Balaban J connectivity index is 2.71. The smallest absolute Gasteiger partial charge is 0.339 e. The molecule has 1 heterocycles. The summed E-state index contributed by atoms with van der Waals surface area (Å²) >= 11 is 0. The number of nitrogens with one attached hydrogen (secondary N) is 1. The molecule has 7 nitrogen and oxygen atoms in total. The number of carboxylic acid groups (broad SMARTS) is 1. The SMILES string of the molecule is Cc1nc(NCC(=O)N(C)C)ncc1C(=O)O. The second-order valence-corrected chi connectivity index (χ2v) is 3.64. The zero-order valence-corrected chi connectivity index (χ0v) is 9.89.